The van der Waals surface area contributed by atoms with Crippen molar-refractivity contribution in [3.8, 4) is 11.5 Å². The maximum Gasteiger partial charge on any atom is 0.165 e. The number of benzene rings is 1. The van der Waals surface area contributed by atoms with Crippen molar-refractivity contribution < 1.29 is 9.47 Å². The van der Waals surface area contributed by atoms with Gasteiger partial charge in [0, 0.05) is 24.4 Å². The smallest absolute Gasteiger partial charge is 0.165 e. The predicted molar refractivity (Wildman–Crippen MR) is 89.1 cm³/mol. The molecule has 0 spiro atoms. The second kappa shape index (κ2) is 5.01. The predicted octanol–water partition coefficient (Wildman–Crippen LogP) is 3.94. The summed E-state index contributed by atoms with van der Waals surface area (Å²) in [6.45, 7) is 6.70. The Labute approximate surface area is 135 Å². The van der Waals surface area contributed by atoms with Crippen LogP contribution in [0.25, 0.3) is 5.65 Å². The molecule has 1 aliphatic rings. The molecule has 0 atom stereocenters. The van der Waals surface area contributed by atoms with E-state index >= 15 is 0 Å². The molecule has 4 heteroatoms. The van der Waals surface area contributed by atoms with Crippen LogP contribution in [0.15, 0.2) is 42.7 Å². The highest BCUT2D eigenvalue weighted by molar-refractivity contribution is 5.50. The molecule has 23 heavy (non-hydrogen) atoms. The van der Waals surface area contributed by atoms with Crippen molar-refractivity contribution in [3.63, 3.8) is 0 Å². The third kappa shape index (κ3) is 2.65. The van der Waals surface area contributed by atoms with Crippen molar-refractivity contribution in [2.75, 3.05) is 0 Å². The zero-order valence-electron chi connectivity index (χ0n) is 13.7. The van der Waals surface area contributed by atoms with Gasteiger partial charge in [0.2, 0.25) is 0 Å². The van der Waals surface area contributed by atoms with E-state index in [9.17, 15) is 0 Å². The normalized spacial score (nSPS) is 15.4. The van der Waals surface area contributed by atoms with Gasteiger partial charge in [-0.2, -0.15) is 0 Å². The summed E-state index contributed by atoms with van der Waals surface area (Å²) in [7, 11) is 0. The van der Waals surface area contributed by atoms with Gasteiger partial charge in [0.15, 0.2) is 11.5 Å². The molecule has 2 aromatic heterocycles. The van der Waals surface area contributed by atoms with Crippen molar-refractivity contribution in [2.45, 2.75) is 39.4 Å². The van der Waals surface area contributed by atoms with Crippen LogP contribution in [0.4, 0.5) is 0 Å². The van der Waals surface area contributed by atoms with Crippen molar-refractivity contribution in [1.29, 1.82) is 0 Å². The van der Waals surface area contributed by atoms with Crippen molar-refractivity contribution >= 4 is 5.65 Å². The average Bonchev–Trinajstić information content (AvgIpc) is 3.03. The van der Waals surface area contributed by atoms with E-state index in [1.165, 1.54) is 11.1 Å². The van der Waals surface area contributed by atoms with E-state index < -0.39 is 0 Å². The highest BCUT2D eigenvalue weighted by Crippen LogP contribution is 2.41. The van der Waals surface area contributed by atoms with E-state index in [1.54, 1.807) is 0 Å². The zero-order chi connectivity index (χ0) is 16.0. The molecule has 3 heterocycles. The highest BCUT2D eigenvalue weighted by Gasteiger charge is 2.32. The summed E-state index contributed by atoms with van der Waals surface area (Å²) in [4.78, 5) is 4.59. The van der Waals surface area contributed by atoms with Crippen LogP contribution in [0.5, 0.6) is 11.5 Å². The third-order valence-electron chi connectivity index (χ3n) is 4.08. The summed E-state index contributed by atoms with van der Waals surface area (Å²) in [6, 6.07) is 10.2. The van der Waals surface area contributed by atoms with Crippen molar-refractivity contribution in [3.05, 3.63) is 59.5 Å². The molecule has 0 N–H and O–H groups in total. The lowest BCUT2D eigenvalue weighted by Crippen LogP contribution is -2.24. The number of aryl methyl sites for hydroxylation is 1. The SMILES string of the molecule is Cc1ccc2nc(COc3cccc4c3OC(C)(C)C4)cn2c1. The lowest BCUT2D eigenvalue weighted by molar-refractivity contribution is 0.131. The van der Waals surface area contributed by atoms with Gasteiger partial charge in [-0.3, -0.25) is 0 Å². The molecule has 0 radical (unpaired) electrons. The number of hydrogen-bond donors (Lipinski definition) is 0. The number of hydrogen-bond acceptors (Lipinski definition) is 3. The summed E-state index contributed by atoms with van der Waals surface area (Å²) in [5.41, 5.74) is 4.09. The Morgan fingerprint density at radius 1 is 1.22 bits per heavy atom. The van der Waals surface area contributed by atoms with E-state index in [2.05, 4.69) is 44.1 Å². The number of imidazole rings is 1. The maximum absolute atomic E-state index is 6.04. The van der Waals surface area contributed by atoms with Gasteiger partial charge in [-0.1, -0.05) is 18.2 Å². The van der Waals surface area contributed by atoms with Crippen LogP contribution in [0.1, 0.15) is 30.7 Å². The molecule has 0 bridgehead atoms. The van der Waals surface area contributed by atoms with E-state index in [0.29, 0.717) is 6.61 Å². The van der Waals surface area contributed by atoms with Gasteiger partial charge in [-0.05, 0) is 38.5 Å². The van der Waals surface area contributed by atoms with E-state index in [4.69, 9.17) is 9.47 Å². The summed E-state index contributed by atoms with van der Waals surface area (Å²) in [6.07, 6.45) is 4.99. The highest BCUT2D eigenvalue weighted by atomic mass is 16.5. The minimum Gasteiger partial charge on any atom is -0.483 e. The Morgan fingerprint density at radius 3 is 2.96 bits per heavy atom. The molecular weight excluding hydrogens is 288 g/mol. The van der Waals surface area contributed by atoms with E-state index in [1.807, 2.05) is 28.8 Å². The van der Waals surface area contributed by atoms with Gasteiger partial charge in [0.05, 0.1) is 5.69 Å². The number of ether oxygens (including phenoxy) is 2. The fraction of sp³-hybridized carbons (Fsp3) is 0.316. The number of rotatable bonds is 3. The van der Waals surface area contributed by atoms with Crippen molar-refractivity contribution in [2.24, 2.45) is 0 Å². The van der Waals surface area contributed by atoms with Crippen LogP contribution in [0.3, 0.4) is 0 Å². The van der Waals surface area contributed by atoms with Crippen LogP contribution in [-0.4, -0.2) is 15.0 Å². The molecule has 0 unspecified atom stereocenters. The largest absolute Gasteiger partial charge is 0.483 e. The Morgan fingerprint density at radius 2 is 2.09 bits per heavy atom. The maximum atomic E-state index is 6.04. The molecule has 0 amide bonds. The van der Waals surface area contributed by atoms with Crippen LogP contribution < -0.4 is 9.47 Å². The van der Waals surface area contributed by atoms with Gasteiger partial charge in [0.1, 0.15) is 17.9 Å². The summed E-state index contributed by atoms with van der Waals surface area (Å²) in [5.74, 6) is 1.67. The molecule has 0 fully saturated rings. The molecule has 0 saturated carbocycles. The second-order valence-corrected chi connectivity index (χ2v) is 6.78. The molecule has 1 aromatic carbocycles. The van der Waals surface area contributed by atoms with Gasteiger partial charge in [0.25, 0.3) is 0 Å². The van der Waals surface area contributed by atoms with Gasteiger partial charge >= 0.3 is 0 Å². The molecule has 0 aliphatic carbocycles. The molecule has 0 saturated heterocycles. The fourth-order valence-corrected chi connectivity index (χ4v) is 3.08. The quantitative estimate of drug-likeness (QED) is 0.735. The molecular formula is C19H20N2O2. The average molecular weight is 308 g/mol. The Kier molecular flexibility index (Phi) is 3.08. The summed E-state index contributed by atoms with van der Waals surface area (Å²) < 4.78 is 14.1. The fourth-order valence-electron chi connectivity index (χ4n) is 3.08. The van der Waals surface area contributed by atoms with Gasteiger partial charge in [-0.25, -0.2) is 4.98 Å². The number of nitrogens with zero attached hydrogens (tertiary/aromatic N) is 2. The molecule has 1 aliphatic heterocycles. The number of aromatic nitrogens is 2. The summed E-state index contributed by atoms with van der Waals surface area (Å²) >= 11 is 0. The second-order valence-electron chi connectivity index (χ2n) is 6.78. The first-order chi connectivity index (χ1) is 11.0. The summed E-state index contributed by atoms with van der Waals surface area (Å²) in [5, 5.41) is 0. The molecule has 4 nitrogen and oxygen atoms in total. The minimum atomic E-state index is -0.164. The number of fused-ring (bicyclic) bond motifs is 2. The lowest BCUT2D eigenvalue weighted by Gasteiger charge is -2.18. The van der Waals surface area contributed by atoms with Crippen molar-refractivity contribution in [1.82, 2.24) is 9.38 Å². The van der Waals surface area contributed by atoms with Crippen LogP contribution >= 0.6 is 0 Å². The van der Waals surface area contributed by atoms with Gasteiger partial charge < -0.3 is 13.9 Å². The monoisotopic (exact) mass is 308 g/mol. The Balaban J connectivity index is 1.56. The van der Waals surface area contributed by atoms with E-state index in [-0.39, 0.29) is 5.60 Å². The Bertz CT molecular complexity index is 880. The topological polar surface area (TPSA) is 35.8 Å². The first kappa shape index (κ1) is 14.1. The third-order valence-corrected chi connectivity index (χ3v) is 4.08. The molecule has 4 rings (SSSR count). The first-order valence-electron chi connectivity index (χ1n) is 7.88. The molecule has 3 aromatic rings. The van der Waals surface area contributed by atoms with Crippen LogP contribution in [0, 0.1) is 6.92 Å². The zero-order valence-corrected chi connectivity index (χ0v) is 13.7. The van der Waals surface area contributed by atoms with E-state index in [0.717, 1.165) is 29.3 Å². The molecule has 118 valence electrons. The van der Waals surface area contributed by atoms with Crippen LogP contribution in [-0.2, 0) is 13.0 Å². The lowest BCUT2D eigenvalue weighted by atomic mass is 10.0. The first-order valence-corrected chi connectivity index (χ1v) is 7.88. The minimum absolute atomic E-state index is 0.164. The number of pyridine rings is 1. The Hall–Kier alpha value is -2.49. The number of para-hydroxylation sites is 1. The van der Waals surface area contributed by atoms with Gasteiger partial charge in [-0.15, -0.1) is 0 Å². The standard InChI is InChI=1S/C19H20N2O2/c1-13-7-8-17-20-15(11-21(17)10-13)12-22-16-6-4-5-14-9-19(2,3)23-18(14)16/h4-8,10-11H,9,12H2,1-3H3. The van der Waals surface area contributed by atoms with Crippen LogP contribution in [0.2, 0.25) is 0 Å².